The van der Waals surface area contributed by atoms with E-state index < -0.39 is 0 Å². The van der Waals surface area contributed by atoms with Crippen molar-refractivity contribution in [2.75, 3.05) is 0 Å². The van der Waals surface area contributed by atoms with Gasteiger partial charge in [0.05, 0.1) is 0 Å². The van der Waals surface area contributed by atoms with Gasteiger partial charge in [-0.3, -0.25) is 0 Å². The molecule has 1 aliphatic carbocycles. The summed E-state index contributed by atoms with van der Waals surface area (Å²) in [7, 11) is 0. The first kappa shape index (κ1) is 11.3. The highest BCUT2D eigenvalue weighted by atomic mass is 16.5. The molecule has 1 rings (SSSR count). The minimum absolute atomic E-state index is 0.0780. The van der Waals surface area contributed by atoms with Crippen molar-refractivity contribution >= 4 is 5.97 Å². The lowest BCUT2D eigenvalue weighted by Gasteiger charge is -2.17. The Labute approximate surface area is 86.3 Å². The number of ether oxygens (including phenoxy) is 1. The highest BCUT2D eigenvalue weighted by Gasteiger charge is 2.38. The fourth-order valence-corrected chi connectivity index (χ4v) is 2.23. The van der Waals surface area contributed by atoms with Crippen molar-refractivity contribution in [2.45, 2.75) is 46.6 Å². The van der Waals surface area contributed by atoms with E-state index >= 15 is 0 Å². The van der Waals surface area contributed by atoms with Crippen LogP contribution in [0, 0.1) is 11.3 Å². The summed E-state index contributed by atoms with van der Waals surface area (Å²) in [6, 6.07) is 0. The predicted molar refractivity (Wildman–Crippen MR) is 56.9 cm³/mol. The molecule has 0 bridgehead atoms. The van der Waals surface area contributed by atoms with Gasteiger partial charge in [0.15, 0.2) is 0 Å². The summed E-state index contributed by atoms with van der Waals surface area (Å²) < 4.78 is 5.38. The van der Waals surface area contributed by atoms with Crippen LogP contribution in [-0.2, 0) is 9.53 Å². The second kappa shape index (κ2) is 3.76. The van der Waals surface area contributed by atoms with Crippen LogP contribution in [0.4, 0.5) is 0 Å². The zero-order valence-corrected chi connectivity index (χ0v) is 9.59. The summed E-state index contributed by atoms with van der Waals surface area (Å²) in [4.78, 5) is 11.3. The normalized spacial score (nSPS) is 30.0. The first-order chi connectivity index (χ1) is 6.32. The number of carbonyl (C=O) groups excluding carboxylic acids is 1. The molecule has 0 radical (unpaired) electrons. The van der Waals surface area contributed by atoms with Gasteiger partial charge in [0, 0.05) is 5.57 Å². The van der Waals surface area contributed by atoms with Crippen LogP contribution in [0.25, 0.3) is 0 Å². The Morgan fingerprint density at radius 2 is 2.00 bits per heavy atom. The zero-order chi connectivity index (χ0) is 10.9. The van der Waals surface area contributed by atoms with Crippen LogP contribution in [0.2, 0.25) is 0 Å². The van der Waals surface area contributed by atoms with Gasteiger partial charge in [-0.05, 0) is 31.1 Å². The summed E-state index contributed by atoms with van der Waals surface area (Å²) in [6.45, 7) is 11.9. The predicted octanol–water partition coefficient (Wildman–Crippen LogP) is 2.93. The standard InChI is InChI=1S/C12H20O2/c1-8(2)11(13)14-10-7-12(4,5)6-9(10)3/h9-10H,1,6-7H2,2-5H3. The molecule has 2 unspecified atom stereocenters. The summed E-state index contributed by atoms with van der Waals surface area (Å²) in [5.74, 6) is 0.216. The van der Waals surface area contributed by atoms with E-state index in [9.17, 15) is 4.79 Å². The van der Waals surface area contributed by atoms with Crippen molar-refractivity contribution in [1.29, 1.82) is 0 Å². The van der Waals surface area contributed by atoms with Crippen LogP contribution >= 0.6 is 0 Å². The van der Waals surface area contributed by atoms with Crippen LogP contribution in [0.5, 0.6) is 0 Å². The van der Waals surface area contributed by atoms with Crippen molar-refractivity contribution < 1.29 is 9.53 Å². The van der Waals surface area contributed by atoms with Crippen molar-refractivity contribution in [3.05, 3.63) is 12.2 Å². The van der Waals surface area contributed by atoms with Crippen LogP contribution in [0.3, 0.4) is 0 Å². The molecule has 80 valence electrons. The molecule has 0 aromatic carbocycles. The SMILES string of the molecule is C=C(C)C(=O)OC1CC(C)(C)CC1C. The van der Waals surface area contributed by atoms with Gasteiger partial charge in [-0.1, -0.05) is 27.4 Å². The second-order valence-electron chi connectivity index (χ2n) is 5.27. The number of hydrogen-bond donors (Lipinski definition) is 0. The Balaban J connectivity index is 2.55. The highest BCUT2D eigenvalue weighted by molar-refractivity contribution is 5.87. The van der Waals surface area contributed by atoms with Gasteiger partial charge in [-0.15, -0.1) is 0 Å². The Morgan fingerprint density at radius 1 is 1.43 bits per heavy atom. The lowest BCUT2D eigenvalue weighted by atomic mass is 9.91. The second-order valence-corrected chi connectivity index (χ2v) is 5.27. The van der Waals surface area contributed by atoms with Gasteiger partial charge in [-0.2, -0.15) is 0 Å². The van der Waals surface area contributed by atoms with E-state index in [0.717, 1.165) is 12.8 Å². The summed E-state index contributed by atoms with van der Waals surface area (Å²) in [5, 5.41) is 0. The lowest BCUT2D eigenvalue weighted by molar-refractivity contribution is -0.145. The first-order valence-electron chi connectivity index (χ1n) is 5.18. The van der Waals surface area contributed by atoms with Gasteiger partial charge >= 0.3 is 5.97 Å². The Bertz CT molecular complexity index is 253. The third-order valence-corrected chi connectivity index (χ3v) is 2.87. The van der Waals surface area contributed by atoms with Crippen molar-refractivity contribution in [2.24, 2.45) is 11.3 Å². The average molecular weight is 196 g/mol. The largest absolute Gasteiger partial charge is 0.459 e. The van der Waals surface area contributed by atoms with Crippen molar-refractivity contribution in [1.82, 2.24) is 0 Å². The topological polar surface area (TPSA) is 26.3 Å². The molecule has 1 saturated carbocycles. The van der Waals surface area contributed by atoms with Crippen LogP contribution in [0.1, 0.15) is 40.5 Å². The first-order valence-corrected chi connectivity index (χ1v) is 5.18. The Morgan fingerprint density at radius 3 is 2.36 bits per heavy atom. The minimum Gasteiger partial charge on any atom is -0.459 e. The maximum atomic E-state index is 11.3. The molecule has 0 aromatic rings. The molecule has 1 aliphatic rings. The number of carbonyl (C=O) groups is 1. The van der Waals surface area contributed by atoms with Gasteiger partial charge < -0.3 is 4.74 Å². The monoisotopic (exact) mass is 196 g/mol. The Hall–Kier alpha value is -0.790. The average Bonchev–Trinajstić information content (AvgIpc) is 2.24. The van der Waals surface area contributed by atoms with E-state index in [1.54, 1.807) is 6.92 Å². The van der Waals surface area contributed by atoms with Crippen molar-refractivity contribution in [3.8, 4) is 0 Å². The summed E-state index contributed by atoms with van der Waals surface area (Å²) in [5.41, 5.74) is 0.793. The van der Waals surface area contributed by atoms with Crippen LogP contribution < -0.4 is 0 Å². The smallest absolute Gasteiger partial charge is 0.333 e. The van der Waals surface area contributed by atoms with Gasteiger partial charge in [0.1, 0.15) is 6.10 Å². The molecule has 0 heterocycles. The molecule has 2 heteroatoms. The maximum Gasteiger partial charge on any atom is 0.333 e. The van der Waals surface area contributed by atoms with Crippen LogP contribution in [0.15, 0.2) is 12.2 Å². The quantitative estimate of drug-likeness (QED) is 0.501. The molecule has 2 nitrogen and oxygen atoms in total. The molecular formula is C12H20O2. The molecule has 14 heavy (non-hydrogen) atoms. The third kappa shape index (κ3) is 2.60. The molecule has 0 saturated heterocycles. The number of rotatable bonds is 2. The molecule has 1 fully saturated rings. The minimum atomic E-state index is -0.250. The summed E-state index contributed by atoms with van der Waals surface area (Å²) in [6.07, 6.45) is 2.17. The number of hydrogen-bond acceptors (Lipinski definition) is 2. The molecule has 0 aromatic heterocycles. The zero-order valence-electron chi connectivity index (χ0n) is 9.59. The third-order valence-electron chi connectivity index (χ3n) is 2.87. The van der Waals surface area contributed by atoms with E-state index in [1.807, 2.05) is 0 Å². The molecule has 0 spiro atoms. The van der Waals surface area contributed by atoms with Gasteiger partial charge in [0.25, 0.3) is 0 Å². The van der Waals surface area contributed by atoms with E-state index in [4.69, 9.17) is 4.74 Å². The van der Waals surface area contributed by atoms with E-state index in [0.29, 0.717) is 16.9 Å². The van der Waals surface area contributed by atoms with E-state index in [1.165, 1.54) is 0 Å². The number of esters is 1. The Kier molecular flexibility index (Phi) is 3.03. The molecule has 0 N–H and O–H groups in total. The molecule has 0 aliphatic heterocycles. The molecule has 2 atom stereocenters. The van der Waals surface area contributed by atoms with E-state index in [-0.39, 0.29) is 12.1 Å². The molecule has 0 amide bonds. The maximum absolute atomic E-state index is 11.3. The van der Waals surface area contributed by atoms with Crippen LogP contribution in [-0.4, -0.2) is 12.1 Å². The fraction of sp³-hybridized carbons (Fsp3) is 0.750. The fourth-order valence-electron chi connectivity index (χ4n) is 2.23. The van der Waals surface area contributed by atoms with Gasteiger partial charge in [0.2, 0.25) is 0 Å². The van der Waals surface area contributed by atoms with Crippen molar-refractivity contribution in [3.63, 3.8) is 0 Å². The van der Waals surface area contributed by atoms with Gasteiger partial charge in [-0.25, -0.2) is 4.79 Å². The summed E-state index contributed by atoms with van der Waals surface area (Å²) >= 11 is 0. The molecular weight excluding hydrogens is 176 g/mol. The highest BCUT2D eigenvalue weighted by Crippen LogP contribution is 2.42. The van der Waals surface area contributed by atoms with E-state index in [2.05, 4.69) is 27.4 Å². The lowest BCUT2D eigenvalue weighted by Crippen LogP contribution is -2.21.